The minimum Gasteiger partial charge on any atom is -0.411 e. The normalized spacial score (nSPS) is 12.1. The van der Waals surface area contributed by atoms with Crippen molar-refractivity contribution in [2.24, 2.45) is 0 Å². The van der Waals surface area contributed by atoms with E-state index in [1.807, 2.05) is 75.4 Å². The fraction of sp³-hybridized carbons (Fsp3) is 0.174. The number of carbonyl (C=O) groups excluding carboxylic acids is 1. The quantitative estimate of drug-likeness (QED) is 0.438. The molecular formula is C23H21N3O2S. The minimum absolute atomic E-state index is 0.113. The van der Waals surface area contributed by atoms with Crippen LogP contribution >= 0.6 is 11.8 Å². The average molecular weight is 404 g/mol. The van der Waals surface area contributed by atoms with Crippen LogP contribution < -0.4 is 5.32 Å². The molecular weight excluding hydrogens is 382 g/mol. The number of hydrogen-bond acceptors (Lipinski definition) is 5. The molecule has 146 valence electrons. The predicted octanol–water partition coefficient (Wildman–Crippen LogP) is 5.63. The van der Waals surface area contributed by atoms with Gasteiger partial charge in [0, 0.05) is 16.6 Å². The lowest BCUT2D eigenvalue weighted by molar-refractivity contribution is -0.115. The number of aromatic nitrogens is 2. The number of anilines is 1. The van der Waals surface area contributed by atoms with E-state index in [9.17, 15) is 4.79 Å². The second kappa shape index (κ2) is 8.09. The van der Waals surface area contributed by atoms with Gasteiger partial charge in [-0.25, -0.2) is 0 Å². The van der Waals surface area contributed by atoms with Crippen LogP contribution in [0.5, 0.6) is 0 Å². The third-order valence-electron chi connectivity index (χ3n) is 4.57. The third-order valence-corrected chi connectivity index (χ3v) is 5.50. The van der Waals surface area contributed by atoms with Crippen molar-refractivity contribution in [1.29, 1.82) is 0 Å². The zero-order valence-electron chi connectivity index (χ0n) is 16.5. The largest absolute Gasteiger partial charge is 0.411 e. The lowest BCUT2D eigenvalue weighted by atomic mass is 10.1. The number of nitrogens with zero attached hydrogens (tertiary/aromatic N) is 2. The fourth-order valence-corrected chi connectivity index (χ4v) is 3.93. The molecule has 6 heteroatoms. The van der Waals surface area contributed by atoms with Gasteiger partial charge in [0.2, 0.25) is 11.8 Å². The SMILES string of the molecule is Cc1cc(C)cc(-c2nnc(S[C@H](C)C(=O)Nc3cccc4ccccc34)o2)c1. The van der Waals surface area contributed by atoms with Crippen LogP contribution in [0.1, 0.15) is 18.1 Å². The number of thioether (sulfide) groups is 1. The third kappa shape index (κ3) is 4.32. The van der Waals surface area contributed by atoms with Crippen LogP contribution in [-0.2, 0) is 4.79 Å². The van der Waals surface area contributed by atoms with E-state index >= 15 is 0 Å². The first-order valence-electron chi connectivity index (χ1n) is 9.37. The highest BCUT2D eigenvalue weighted by molar-refractivity contribution is 8.00. The van der Waals surface area contributed by atoms with Crippen LogP contribution in [-0.4, -0.2) is 21.4 Å². The summed E-state index contributed by atoms with van der Waals surface area (Å²) in [4.78, 5) is 12.7. The van der Waals surface area contributed by atoms with Gasteiger partial charge < -0.3 is 9.73 Å². The van der Waals surface area contributed by atoms with E-state index in [4.69, 9.17) is 4.42 Å². The molecule has 1 N–H and O–H groups in total. The van der Waals surface area contributed by atoms with E-state index in [1.165, 1.54) is 11.8 Å². The molecule has 4 aromatic rings. The predicted molar refractivity (Wildman–Crippen MR) is 117 cm³/mol. The molecule has 0 aliphatic rings. The summed E-state index contributed by atoms with van der Waals surface area (Å²) in [5, 5.41) is 13.3. The molecule has 3 aromatic carbocycles. The molecule has 0 bridgehead atoms. The van der Waals surface area contributed by atoms with Crippen LogP contribution in [0.15, 0.2) is 70.3 Å². The van der Waals surface area contributed by atoms with E-state index in [2.05, 4.69) is 21.6 Å². The number of benzene rings is 3. The lowest BCUT2D eigenvalue weighted by Gasteiger charge is -2.12. The fourth-order valence-electron chi connectivity index (χ4n) is 3.25. The van der Waals surface area contributed by atoms with Crippen molar-refractivity contribution in [2.75, 3.05) is 5.32 Å². The van der Waals surface area contributed by atoms with Gasteiger partial charge in [-0.1, -0.05) is 65.4 Å². The highest BCUT2D eigenvalue weighted by atomic mass is 32.2. The van der Waals surface area contributed by atoms with Crippen molar-refractivity contribution in [1.82, 2.24) is 10.2 Å². The van der Waals surface area contributed by atoms with Gasteiger partial charge in [0.25, 0.3) is 5.22 Å². The van der Waals surface area contributed by atoms with Crippen LogP contribution in [0.3, 0.4) is 0 Å². The van der Waals surface area contributed by atoms with Gasteiger partial charge in [0.05, 0.1) is 5.25 Å². The van der Waals surface area contributed by atoms with Gasteiger partial charge >= 0.3 is 0 Å². The summed E-state index contributed by atoms with van der Waals surface area (Å²) in [6.45, 7) is 5.89. The van der Waals surface area contributed by atoms with Gasteiger partial charge in [-0.2, -0.15) is 0 Å². The number of rotatable bonds is 5. The molecule has 5 nitrogen and oxygen atoms in total. The maximum Gasteiger partial charge on any atom is 0.277 e. The number of carbonyl (C=O) groups is 1. The van der Waals surface area contributed by atoms with E-state index in [1.54, 1.807) is 0 Å². The molecule has 0 unspecified atom stereocenters. The van der Waals surface area contributed by atoms with Crippen molar-refractivity contribution in [3.63, 3.8) is 0 Å². The van der Waals surface area contributed by atoms with Gasteiger partial charge in [-0.05, 0) is 44.4 Å². The standard InChI is InChI=1S/C23H21N3O2S/c1-14-11-15(2)13-18(12-14)22-25-26-23(28-22)29-16(3)21(27)24-20-10-6-8-17-7-4-5-9-19(17)20/h4-13,16H,1-3H3,(H,24,27)/t16-/m1/s1. The van der Waals surface area contributed by atoms with Gasteiger partial charge in [0.1, 0.15) is 0 Å². The zero-order valence-corrected chi connectivity index (χ0v) is 17.3. The maximum absolute atomic E-state index is 12.7. The number of hydrogen-bond donors (Lipinski definition) is 1. The molecule has 1 aromatic heterocycles. The first-order valence-corrected chi connectivity index (χ1v) is 10.2. The van der Waals surface area contributed by atoms with E-state index in [0.717, 1.165) is 33.2 Å². The van der Waals surface area contributed by atoms with Crippen molar-refractivity contribution < 1.29 is 9.21 Å². The Kier molecular flexibility index (Phi) is 5.36. The second-order valence-electron chi connectivity index (χ2n) is 7.03. The van der Waals surface area contributed by atoms with E-state index in [0.29, 0.717) is 11.1 Å². The molecule has 0 fully saturated rings. The Hall–Kier alpha value is -3.12. The van der Waals surface area contributed by atoms with Crippen LogP contribution in [0, 0.1) is 13.8 Å². The summed E-state index contributed by atoms with van der Waals surface area (Å²) in [7, 11) is 0. The molecule has 1 amide bonds. The van der Waals surface area contributed by atoms with Crippen LogP contribution in [0.4, 0.5) is 5.69 Å². The second-order valence-corrected chi connectivity index (χ2v) is 8.32. The first-order chi connectivity index (χ1) is 14.0. The Morgan fingerprint density at radius 1 is 1.00 bits per heavy atom. The van der Waals surface area contributed by atoms with Gasteiger partial charge in [-0.15, -0.1) is 10.2 Å². The molecule has 1 atom stereocenters. The van der Waals surface area contributed by atoms with E-state index < -0.39 is 0 Å². The van der Waals surface area contributed by atoms with Crippen molar-refractivity contribution in [2.45, 2.75) is 31.2 Å². The van der Waals surface area contributed by atoms with E-state index in [-0.39, 0.29) is 11.2 Å². The molecule has 0 saturated carbocycles. The molecule has 0 aliphatic heterocycles. The Balaban J connectivity index is 1.47. The molecule has 0 saturated heterocycles. The van der Waals surface area contributed by atoms with Crippen LogP contribution in [0.2, 0.25) is 0 Å². The summed E-state index contributed by atoms with van der Waals surface area (Å²) in [5.41, 5.74) is 3.95. The lowest BCUT2D eigenvalue weighted by Crippen LogP contribution is -2.22. The molecule has 29 heavy (non-hydrogen) atoms. The van der Waals surface area contributed by atoms with Crippen molar-refractivity contribution >= 4 is 34.1 Å². The van der Waals surface area contributed by atoms with Crippen molar-refractivity contribution in [3.8, 4) is 11.5 Å². The highest BCUT2D eigenvalue weighted by Gasteiger charge is 2.19. The minimum atomic E-state index is -0.387. The number of nitrogens with one attached hydrogen (secondary N) is 1. The molecule has 0 aliphatic carbocycles. The topological polar surface area (TPSA) is 68.0 Å². The van der Waals surface area contributed by atoms with Gasteiger partial charge in [0.15, 0.2) is 0 Å². The molecule has 4 rings (SSSR count). The van der Waals surface area contributed by atoms with Crippen molar-refractivity contribution in [3.05, 3.63) is 71.8 Å². The monoisotopic (exact) mass is 403 g/mol. The summed E-state index contributed by atoms with van der Waals surface area (Å²) in [5.74, 6) is 0.346. The Labute approximate surface area is 173 Å². The smallest absolute Gasteiger partial charge is 0.277 e. The Bertz CT molecular complexity index is 1160. The molecule has 1 heterocycles. The number of fused-ring (bicyclic) bond motifs is 1. The average Bonchev–Trinajstić information content (AvgIpc) is 3.16. The number of aryl methyl sites for hydroxylation is 2. The van der Waals surface area contributed by atoms with Gasteiger partial charge in [-0.3, -0.25) is 4.79 Å². The number of amides is 1. The summed E-state index contributed by atoms with van der Waals surface area (Å²) >= 11 is 1.25. The summed E-state index contributed by atoms with van der Waals surface area (Å²) in [6.07, 6.45) is 0. The highest BCUT2D eigenvalue weighted by Crippen LogP contribution is 2.29. The summed E-state index contributed by atoms with van der Waals surface area (Å²) < 4.78 is 5.78. The first kappa shape index (κ1) is 19.2. The molecule has 0 spiro atoms. The Morgan fingerprint density at radius 2 is 1.72 bits per heavy atom. The molecule has 0 radical (unpaired) electrons. The zero-order chi connectivity index (χ0) is 20.4. The Morgan fingerprint density at radius 3 is 2.52 bits per heavy atom. The van der Waals surface area contributed by atoms with Crippen LogP contribution in [0.25, 0.3) is 22.2 Å². The maximum atomic E-state index is 12.7. The summed E-state index contributed by atoms with van der Waals surface area (Å²) in [6, 6.07) is 19.9.